The third-order valence-electron chi connectivity index (χ3n) is 6.88. The summed E-state index contributed by atoms with van der Waals surface area (Å²) in [6.07, 6.45) is 4.20. The van der Waals surface area contributed by atoms with Gasteiger partial charge in [0.05, 0.1) is 17.5 Å². The molecule has 4 N–H and O–H groups in total. The maximum atomic E-state index is 13.2. The molecular weight excluding hydrogens is 555 g/mol. The fraction of sp³-hybridized carbons (Fsp3) is 0.379. The molecule has 216 valence electrons. The predicted molar refractivity (Wildman–Crippen MR) is 158 cm³/mol. The summed E-state index contributed by atoms with van der Waals surface area (Å²) in [6, 6.07) is 18.3. The van der Waals surface area contributed by atoms with E-state index in [0.717, 1.165) is 28.5 Å². The highest BCUT2D eigenvalue weighted by Crippen LogP contribution is 2.26. The molecule has 0 bridgehead atoms. The lowest BCUT2D eigenvalue weighted by Gasteiger charge is -2.23. The lowest BCUT2D eigenvalue weighted by molar-refractivity contribution is -0.142. The van der Waals surface area contributed by atoms with Crippen molar-refractivity contribution in [3.8, 4) is 0 Å². The number of hydrogen-bond donors (Lipinski definition) is 4. The number of rotatable bonds is 12. The van der Waals surface area contributed by atoms with Gasteiger partial charge in [0.15, 0.2) is 0 Å². The van der Waals surface area contributed by atoms with Crippen molar-refractivity contribution in [2.75, 3.05) is 6.54 Å². The van der Waals surface area contributed by atoms with Crippen LogP contribution in [0.25, 0.3) is 10.9 Å². The molecule has 3 aromatic rings. The summed E-state index contributed by atoms with van der Waals surface area (Å²) in [4.78, 5) is 41.4. The summed E-state index contributed by atoms with van der Waals surface area (Å²) in [5, 5.41) is 19.6. The predicted octanol–water partition coefficient (Wildman–Crippen LogP) is 4.61. The highest BCUT2D eigenvalue weighted by atomic mass is 35.5. The molecule has 2 amide bonds. The van der Waals surface area contributed by atoms with Gasteiger partial charge in [-0.25, -0.2) is 4.79 Å². The van der Waals surface area contributed by atoms with Gasteiger partial charge in [0.25, 0.3) is 0 Å². The van der Waals surface area contributed by atoms with E-state index in [1.807, 2.05) is 60.7 Å². The van der Waals surface area contributed by atoms with Crippen LogP contribution >= 0.6 is 24.8 Å². The molecule has 11 heteroatoms. The standard InChI is InChI=1S/C29H34N4O5.2ClH/c34-27(33-24-14-5-13-23(24)28(35)36)25(32-18-22-11-4-10-21-12-6-16-30-26(21)22)15-7-17-31-29(37)38-19-20-8-2-1-3-9-20;;/h1-4,6,8-12,16,23-25,32H,5,7,13-15,17-19H2,(H,31,37)(H,33,34)(H,35,36);2*1H/t23-,24+,25+;;/m1../s1. The normalized spacial score (nSPS) is 16.7. The van der Waals surface area contributed by atoms with Crippen molar-refractivity contribution in [2.45, 2.75) is 57.3 Å². The molecule has 1 aliphatic carbocycles. The maximum Gasteiger partial charge on any atom is 0.407 e. The van der Waals surface area contributed by atoms with Gasteiger partial charge in [0, 0.05) is 30.7 Å². The molecule has 0 spiro atoms. The number of ether oxygens (including phenoxy) is 1. The fourth-order valence-corrected chi connectivity index (χ4v) is 4.85. The Labute approximate surface area is 246 Å². The average molecular weight is 592 g/mol. The van der Waals surface area contributed by atoms with Gasteiger partial charge in [-0.15, -0.1) is 24.8 Å². The zero-order valence-electron chi connectivity index (χ0n) is 22.1. The van der Waals surface area contributed by atoms with Crippen LogP contribution in [0.1, 0.15) is 43.2 Å². The van der Waals surface area contributed by atoms with E-state index < -0.39 is 24.0 Å². The second-order valence-corrected chi connectivity index (χ2v) is 9.55. The SMILES string of the molecule is Cl.Cl.O=C(NCCC[C@H](NCc1cccc2cccnc12)C(=O)N[C@H]1CCC[C@H]1C(=O)O)OCc1ccccc1. The summed E-state index contributed by atoms with van der Waals surface area (Å²) in [6.45, 7) is 0.951. The molecular formula is C29H36Cl2N4O5. The number of amides is 2. The number of hydrogen-bond acceptors (Lipinski definition) is 6. The number of para-hydroxylation sites is 1. The fourth-order valence-electron chi connectivity index (χ4n) is 4.85. The Kier molecular flexibility index (Phi) is 13.7. The molecule has 0 saturated heterocycles. The van der Waals surface area contributed by atoms with Gasteiger partial charge < -0.3 is 25.8 Å². The Morgan fingerprint density at radius 1 is 1.00 bits per heavy atom. The zero-order chi connectivity index (χ0) is 26.7. The molecule has 0 aliphatic heterocycles. The second-order valence-electron chi connectivity index (χ2n) is 9.55. The van der Waals surface area contributed by atoms with Crippen LogP contribution in [-0.2, 0) is 27.5 Å². The van der Waals surface area contributed by atoms with Gasteiger partial charge in [-0.3, -0.25) is 14.6 Å². The first-order chi connectivity index (χ1) is 18.5. The number of carboxylic acids is 1. The molecule has 9 nitrogen and oxygen atoms in total. The van der Waals surface area contributed by atoms with Crippen molar-refractivity contribution in [1.29, 1.82) is 0 Å². The molecule has 1 fully saturated rings. The molecule has 1 heterocycles. The van der Waals surface area contributed by atoms with Crippen molar-refractivity contribution < 1.29 is 24.2 Å². The first-order valence-electron chi connectivity index (χ1n) is 13.0. The quantitative estimate of drug-likeness (QED) is 0.226. The minimum atomic E-state index is -0.877. The van der Waals surface area contributed by atoms with Crippen LogP contribution in [0, 0.1) is 5.92 Å². The van der Waals surface area contributed by atoms with Gasteiger partial charge in [-0.05, 0) is 42.9 Å². The largest absolute Gasteiger partial charge is 0.481 e. The van der Waals surface area contributed by atoms with E-state index in [2.05, 4.69) is 20.9 Å². The number of benzene rings is 2. The summed E-state index contributed by atoms with van der Waals surface area (Å²) < 4.78 is 5.24. The molecule has 2 aromatic carbocycles. The molecule has 1 aliphatic rings. The van der Waals surface area contributed by atoms with Gasteiger partial charge in [-0.2, -0.15) is 0 Å². The number of aromatic nitrogens is 1. The first-order valence-corrected chi connectivity index (χ1v) is 13.0. The number of alkyl carbamates (subject to hydrolysis) is 1. The van der Waals surface area contributed by atoms with E-state index in [1.165, 1.54) is 0 Å². The lowest BCUT2D eigenvalue weighted by atomic mass is 10.0. The van der Waals surface area contributed by atoms with E-state index >= 15 is 0 Å². The molecule has 1 aromatic heterocycles. The Morgan fingerprint density at radius 2 is 1.77 bits per heavy atom. The summed E-state index contributed by atoms with van der Waals surface area (Å²) >= 11 is 0. The first kappa shape index (κ1) is 32.8. The molecule has 1 saturated carbocycles. The molecule has 3 atom stereocenters. The van der Waals surface area contributed by atoms with E-state index in [1.54, 1.807) is 6.20 Å². The number of carbonyl (C=O) groups is 3. The Morgan fingerprint density at radius 3 is 2.55 bits per heavy atom. The van der Waals surface area contributed by atoms with E-state index in [9.17, 15) is 19.5 Å². The number of nitrogens with one attached hydrogen (secondary N) is 3. The van der Waals surface area contributed by atoms with Gasteiger partial charge in [-0.1, -0.05) is 61.0 Å². The van der Waals surface area contributed by atoms with Gasteiger partial charge >= 0.3 is 12.1 Å². The molecule has 0 unspecified atom stereocenters. The number of carbonyl (C=O) groups excluding carboxylic acids is 2. The van der Waals surface area contributed by atoms with E-state index in [0.29, 0.717) is 38.8 Å². The third kappa shape index (κ3) is 9.36. The highest BCUT2D eigenvalue weighted by Gasteiger charge is 2.35. The van der Waals surface area contributed by atoms with E-state index in [-0.39, 0.29) is 43.4 Å². The zero-order valence-corrected chi connectivity index (χ0v) is 23.7. The summed E-state index contributed by atoms with van der Waals surface area (Å²) in [5.74, 6) is -1.68. The van der Waals surface area contributed by atoms with Crippen LogP contribution in [0.4, 0.5) is 4.79 Å². The van der Waals surface area contributed by atoms with E-state index in [4.69, 9.17) is 4.74 Å². The second kappa shape index (κ2) is 16.6. The van der Waals surface area contributed by atoms with Gasteiger partial charge in [0.2, 0.25) is 5.91 Å². The number of carboxylic acid groups (broad SMARTS) is 1. The molecule has 4 rings (SSSR count). The lowest BCUT2D eigenvalue weighted by Crippen LogP contribution is -2.49. The number of nitrogens with zero attached hydrogens (tertiary/aromatic N) is 1. The van der Waals surface area contributed by atoms with Crippen molar-refractivity contribution >= 4 is 53.7 Å². The third-order valence-corrected chi connectivity index (χ3v) is 6.88. The van der Waals surface area contributed by atoms with Crippen LogP contribution < -0.4 is 16.0 Å². The van der Waals surface area contributed by atoms with Crippen LogP contribution in [0.3, 0.4) is 0 Å². The molecule has 0 radical (unpaired) electrons. The van der Waals surface area contributed by atoms with Crippen LogP contribution in [0.15, 0.2) is 66.9 Å². The van der Waals surface area contributed by atoms with Crippen molar-refractivity contribution in [3.05, 3.63) is 78.0 Å². The summed E-state index contributed by atoms with van der Waals surface area (Å²) in [7, 11) is 0. The van der Waals surface area contributed by atoms with Crippen LogP contribution in [-0.4, -0.2) is 46.7 Å². The topological polar surface area (TPSA) is 130 Å². The highest BCUT2D eigenvalue weighted by molar-refractivity contribution is 5.86. The number of aliphatic carboxylic acids is 1. The van der Waals surface area contributed by atoms with Crippen molar-refractivity contribution in [1.82, 2.24) is 20.9 Å². The average Bonchev–Trinajstić information content (AvgIpc) is 3.40. The van der Waals surface area contributed by atoms with Crippen LogP contribution in [0.5, 0.6) is 0 Å². The van der Waals surface area contributed by atoms with Crippen molar-refractivity contribution in [3.63, 3.8) is 0 Å². The minimum Gasteiger partial charge on any atom is -0.481 e. The molecule has 40 heavy (non-hydrogen) atoms. The maximum absolute atomic E-state index is 13.2. The summed E-state index contributed by atoms with van der Waals surface area (Å²) in [5.41, 5.74) is 2.73. The number of halogens is 2. The number of fused-ring (bicyclic) bond motifs is 1. The van der Waals surface area contributed by atoms with Gasteiger partial charge in [0.1, 0.15) is 6.61 Å². The Balaban J connectivity index is 0.00000280. The smallest absolute Gasteiger partial charge is 0.407 e. The number of pyridine rings is 1. The monoisotopic (exact) mass is 590 g/mol. The van der Waals surface area contributed by atoms with Crippen molar-refractivity contribution in [2.24, 2.45) is 5.92 Å². The van der Waals surface area contributed by atoms with Crippen LogP contribution in [0.2, 0.25) is 0 Å². The Bertz CT molecular complexity index is 1240. The minimum absolute atomic E-state index is 0. The Hall–Kier alpha value is -3.40.